The molecule has 2 rings (SSSR count). The van der Waals surface area contributed by atoms with Gasteiger partial charge in [-0.15, -0.1) is 0 Å². The molecular formula is C13H15BrO4. The van der Waals surface area contributed by atoms with E-state index in [9.17, 15) is 20.1 Å². The van der Waals surface area contributed by atoms with Gasteiger partial charge in [0.25, 0.3) is 0 Å². The predicted octanol–water partition coefficient (Wildman–Crippen LogP) is 1.59. The van der Waals surface area contributed by atoms with Crippen molar-refractivity contribution in [3.63, 3.8) is 0 Å². The van der Waals surface area contributed by atoms with E-state index >= 15 is 0 Å². The summed E-state index contributed by atoms with van der Waals surface area (Å²) in [6.07, 6.45) is -0.652. The fraction of sp³-hybridized carbons (Fsp3) is 0.462. The summed E-state index contributed by atoms with van der Waals surface area (Å²) in [6.45, 7) is 0. The molecular weight excluding hydrogens is 300 g/mol. The normalized spacial score (nSPS) is 20.2. The Morgan fingerprint density at radius 1 is 1.39 bits per heavy atom. The Bertz CT molecular complexity index is 456. The van der Waals surface area contributed by atoms with Crippen LogP contribution in [0.1, 0.15) is 30.1 Å². The average Bonchev–Trinajstić information content (AvgIpc) is 3.18. The number of hydrogen-bond donors (Lipinski definition) is 3. The lowest BCUT2D eigenvalue weighted by molar-refractivity contribution is -0.140. The maximum atomic E-state index is 11.2. The van der Waals surface area contributed by atoms with Crippen LogP contribution in [-0.4, -0.2) is 32.7 Å². The fourth-order valence-electron chi connectivity index (χ4n) is 2.08. The zero-order valence-electron chi connectivity index (χ0n) is 9.71. The highest BCUT2D eigenvalue weighted by Gasteiger charge is 2.51. The zero-order valence-corrected chi connectivity index (χ0v) is 11.3. The van der Waals surface area contributed by atoms with Crippen molar-refractivity contribution in [3.8, 4) is 0 Å². The van der Waals surface area contributed by atoms with Gasteiger partial charge in [-0.3, -0.25) is 4.79 Å². The van der Waals surface area contributed by atoms with Crippen LogP contribution in [0.2, 0.25) is 0 Å². The molecule has 0 amide bonds. The minimum absolute atomic E-state index is 0.266. The van der Waals surface area contributed by atoms with Gasteiger partial charge in [-0.05, 0) is 24.0 Å². The molecule has 1 aromatic rings. The van der Waals surface area contributed by atoms with Crippen molar-refractivity contribution in [1.29, 1.82) is 0 Å². The highest BCUT2D eigenvalue weighted by Crippen LogP contribution is 2.48. The number of carboxylic acid groups (broad SMARTS) is 1. The van der Waals surface area contributed by atoms with Crippen LogP contribution < -0.4 is 0 Å². The summed E-state index contributed by atoms with van der Waals surface area (Å²) < 4.78 is 0. The van der Waals surface area contributed by atoms with E-state index in [0.29, 0.717) is 24.0 Å². The SMILES string of the molecule is O=C(O)C1(c2cccc(C(O)C(O)CBr)c2)CC1. The third-order valence-electron chi connectivity index (χ3n) is 3.46. The van der Waals surface area contributed by atoms with Crippen molar-refractivity contribution in [2.75, 3.05) is 5.33 Å². The molecule has 1 saturated carbocycles. The van der Waals surface area contributed by atoms with E-state index in [1.807, 2.05) is 0 Å². The maximum absolute atomic E-state index is 11.2. The lowest BCUT2D eigenvalue weighted by atomic mass is 9.92. The van der Waals surface area contributed by atoms with Gasteiger partial charge in [-0.25, -0.2) is 0 Å². The Hall–Kier alpha value is -0.910. The van der Waals surface area contributed by atoms with Crippen LogP contribution in [0.4, 0.5) is 0 Å². The molecule has 3 N–H and O–H groups in total. The highest BCUT2D eigenvalue weighted by molar-refractivity contribution is 9.09. The van der Waals surface area contributed by atoms with Crippen molar-refractivity contribution >= 4 is 21.9 Å². The Morgan fingerprint density at radius 3 is 2.56 bits per heavy atom. The van der Waals surface area contributed by atoms with Gasteiger partial charge in [0.2, 0.25) is 0 Å². The summed E-state index contributed by atoms with van der Waals surface area (Å²) in [5.41, 5.74) is 0.468. The molecule has 0 aromatic heterocycles. The molecule has 0 saturated heterocycles. The van der Waals surface area contributed by atoms with E-state index in [1.165, 1.54) is 0 Å². The second-order valence-corrected chi connectivity index (χ2v) is 5.33. The lowest BCUT2D eigenvalue weighted by Gasteiger charge is -2.18. The quantitative estimate of drug-likeness (QED) is 0.721. The smallest absolute Gasteiger partial charge is 0.314 e. The molecule has 1 aromatic carbocycles. The first kappa shape index (κ1) is 13.5. The molecule has 4 nitrogen and oxygen atoms in total. The molecule has 98 valence electrons. The number of aliphatic carboxylic acids is 1. The molecule has 1 fully saturated rings. The standard InChI is InChI=1S/C13H15BrO4/c14-7-10(15)11(16)8-2-1-3-9(6-8)13(4-5-13)12(17)18/h1-3,6,10-11,15-16H,4-5,7H2,(H,17,18). The van der Waals surface area contributed by atoms with E-state index in [1.54, 1.807) is 24.3 Å². The molecule has 2 atom stereocenters. The van der Waals surface area contributed by atoms with Crippen LogP contribution >= 0.6 is 15.9 Å². The van der Waals surface area contributed by atoms with Gasteiger partial charge < -0.3 is 15.3 Å². The predicted molar refractivity (Wildman–Crippen MR) is 69.8 cm³/mol. The molecule has 5 heteroatoms. The van der Waals surface area contributed by atoms with Gasteiger partial charge >= 0.3 is 5.97 Å². The number of halogens is 1. The topological polar surface area (TPSA) is 77.8 Å². The molecule has 1 aliphatic rings. The number of aliphatic hydroxyl groups is 2. The van der Waals surface area contributed by atoms with Crippen LogP contribution in [-0.2, 0) is 10.2 Å². The minimum atomic E-state index is -1.01. The van der Waals surface area contributed by atoms with E-state index in [0.717, 1.165) is 0 Å². The highest BCUT2D eigenvalue weighted by atomic mass is 79.9. The molecule has 0 spiro atoms. The monoisotopic (exact) mass is 314 g/mol. The number of carbonyl (C=O) groups is 1. The van der Waals surface area contributed by atoms with Crippen LogP contribution in [0.5, 0.6) is 0 Å². The van der Waals surface area contributed by atoms with Crippen LogP contribution in [0.25, 0.3) is 0 Å². The van der Waals surface area contributed by atoms with Crippen LogP contribution in [0.15, 0.2) is 24.3 Å². The van der Waals surface area contributed by atoms with Crippen LogP contribution in [0.3, 0.4) is 0 Å². The summed E-state index contributed by atoms with van der Waals surface area (Å²) in [7, 11) is 0. The zero-order chi connectivity index (χ0) is 13.3. The molecule has 18 heavy (non-hydrogen) atoms. The number of carboxylic acids is 1. The van der Waals surface area contributed by atoms with Gasteiger partial charge in [0.1, 0.15) is 6.10 Å². The number of rotatable bonds is 5. The van der Waals surface area contributed by atoms with E-state index in [4.69, 9.17) is 0 Å². The van der Waals surface area contributed by atoms with Crippen molar-refractivity contribution in [2.24, 2.45) is 0 Å². The maximum Gasteiger partial charge on any atom is 0.314 e. The summed E-state index contributed by atoms with van der Waals surface area (Å²) in [5.74, 6) is -0.824. The van der Waals surface area contributed by atoms with Gasteiger partial charge in [0, 0.05) is 5.33 Å². The minimum Gasteiger partial charge on any atom is -0.481 e. The van der Waals surface area contributed by atoms with Gasteiger partial charge in [0.15, 0.2) is 0 Å². The van der Waals surface area contributed by atoms with Crippen molar-refractivity contribution in [1.82, 2.24) is 0 Å². The Morgan fingerprint density at radius 2 is 2.06 bits per heavy atom. The van der Waals surface area contributed by atoms with Crippen LogP contribution in [0, 0.1) is 0 Å². The molecule has 0 bridgehead atoms. The second-order valence-electron chi connectivity index (χ2n) is 4.68. The third kappa shape index (κ3) is 2.30. The summed E-state index contributed by atoms with van der Waals surface area (Å²) in [4.78, 5) is 11.2. The Balaban J connectivity index is 2.29. The van der Waals surface area contributed by atoms with Crippen molar-refractivity contribution in [2.45, 2.75) is 30.5 Å². The molecule has 0 heterocycles. The summed E-state index contributed by atoms with van der Waals surface area (Å²) >= 11 is 3.10. The third-order valence-corrected chi connectivity index (χ3v) is 4.13. The number of alkyl halides is 1. The Labute approximate surface area is 113 Å². The molecule has 0 aliphatic heterocycles. The molecule has 1 aliphatic carbocycles. The number of hydrogen-bond acceptors (Lipinski definition) is 3. The lowest BCUT2D eigenvalue weighted by Crippen LogP contribution is -2.22. The van der Waals surface area contributed by atoms with Gasteiger partial charge in [0.05, 0.1) is 11.5 Å². The number of aliphatic hydroxyl groups excluding tert-OH is 2. The first-order chi connectivity index (χ1) is 8.51. The first-order valence-corrected chi connectivity index (χ1v) is 6.89. The summed E-state index contributed by atoms with van der Waals surface area (Å²) in [5, 5.41) is 29.0. The van der Waals surface area contributed by atoms with Gasteiger partial charge in [-0.2, -0.15) is 0 Å². The first-order valence-electron chi connectivity index (χ1n) is 5.77. The van der Waals surface area contributed by atoms with E-state index < -0.39 is 23.6 Å². The van der Waals surface area contributed by atoms with E-state index in [-0.39, 0.29) is 5.33 Å². The Kier molecular flexibility index (Phi) is 3.75. The van der Waals surface area contributed by atoms with Crippen molar-refractivity contribution < 1.29 is 20.1 Å². The largest absolute Gasteiger partial charge is 0.481 e. The van der Waals surface area contributed by atoms with Crippen molar-refractivity contribution in [3.05, 3.63) is 35.4 Å². The summed E-state index contributed by atoms with van der Waals surface area (Å²) in [6, 6.07) is 6.85. The second kappa shape index (κ2) is 4.99. The van der Waals surface area contributed by atoms with Gasteiger partial charge in [-0.1, -0.05) is 40.2 Å². The number of benzene rings is 1. The molecule has 0 radical (unpaired) electrons. The van der Waals surface area contributed by atoms with E-state index in [2.05, 4.69) is 15.9 Å². The average molecular weight is 315 g/mol. The molecule has 2 unspecified atom stereocenters. The fourth-order valence-corrected chi connectivity index (χ4v) is 2.43.